The van der Waals surface area contributed by atoms with Gasteiger partial charge in [-0.15, -0.1) is 0 Å². The highest BCUT2D eigenvalue weighted by Crippen LogP contribution is 2.24. The molecule has 7 heteroatoms. The molecule has 29 heavy (non-hydrogen) atoms. The van der Waals surface area contributed by atoms with Crippen LogP contribution in [-0.2, 0) is 11.3 Å². The van der Waals surface area contributed by atoms with Crippen LogP contribution in [0.15, 0.2) is 29.3 Å². The highest BCUT2D eigenvalue weighted by atomic mass is 16.2. The average Bonchev–Trinajstić information content (AvgIpc) is 3.44. The highest BCUT2D eigenvalue weighted by Gasteiger charge is 2.40. The number of nitrogens with zero attached hydrogens (tertiary/aromatic N) is 3. The zero-order valence-electron chi connectivity index (χ0n) is 18.2. The molecular formula is C22H33N5O2. The zero-order chi connectivity index (χ0) is 21.2. The smallest absolute Gasteiger partial charge is 0.251 e. The number of carbonyl (C=O) groups is 2. The van der Waals surface area contributed by atoms with Gasteiger partial charge in [0.2, 0.25) is 5.91 Å². The fourth-order valence-corrected chi connectivity index (χ4v) is 4.15. The predicted octanol–water partition coefficient (Wildman–Crippen LogP) is 1.99. The quantitative estimate of drug-likeness (QED) is 0.586. The molecule has 0 spiro atoms. The Kier molecular flexibility index (Phi) is 6.15. The van der Waals surface area contributed by atoms with Crippen LogP contribution in [0.4, 0.5) is 0 Å². The highest BCUT2D eigenvalue weighted by molar-refractivity contribution is 5.94. The lowest BCUT2D eigenvalue weighted by Gasteiger charge is -2.49. The van der Waals surface area contributed by atoms with Crippen molar-refractivity contribution in [3.05, 3.63) is 35.4 Å². The van der Waals surface area contributed by atoms with Crippen LogP contribution < -0.4 is 10.6 Å². The molecule has 3 rings (SSSR count). The number of carbonyl (C=O) groups excluding carboxylic acids is 2. The van der Waals surface area contributed by atoms with Gasteiger partial charge in [-0.1, -0.05) is 12.1 Å². The lowest BCUT2D eigenvalue weighted by atomic mass is 9.96. The third-order valence-corrected chi connectivity index (χ3v) is 5.40. The third-order valence-electron chi connectivity index (χ3n) is 5.40. The van der Waals surface area contributed by atoms with Crippen LogP contribution in [0.2, 0.25) is 0 Å². The lowest BCUT2D eigenvalue weighted by Crippen LogP contribution is -2.66. The van der Waals surface area contributed by atoms with Crippen molar-refractivity contribution in [1.82, 2.24) is 20.4 Å². The van der Waals surface area contributed by atoms with Gasteiger partial charge in [0.05, 0.1) is 12.1 Å². The van der Waals surface area contributed by atoms with Gasteiger partial charge in [0.1, 0.15) is 0 Å². The van der Waals surface area contributed by atoms with Crippen LogP contribution in [0.5, 0.6) is 0 Å². The molecule has 0 bridgehead atoms. The van der Waals surface area contributed by atoms with Crippen LogP contribution in [0, 0.1) is 0 Å². The van der Waals surface area contributed by atoms with E-state index in [1.165, 1.54) is 0 Å². The number of rotatable bonds is 5. The van der Waals surface area contributed by atoms with Gasteiger partial charge in [-0.3, -0.25) is 14.6 Å². The summed E-state index contributed by atoms with van der Waals surface area (Å²) in [6, 6.07) is 8.13. The van der Waals surface area contributed by atoms with E-state index in [0.717, 1.165) is 18.4 Å². The lowest BCUT2D eigenvalue weighted by molar-refractivity contribution is -0.145. The van der Waals surface area contributed by atoms with Crippen LogP contribution >= 0.6 is 0 Å². The Bertz CT molecular complexity index is 798. The monoisotopic (exact) mass is 399 g/mol. The minimum absolute atomic E-state index is 0.0177. The standard InChI is InChI=1S/C22H33N5O2/c1-15(2)27-19(28)13-26(14-22(27,3)4)21(23-5)24-12-16-7-6-8-17(11-16)20(29)25-18-9-10-18/h6-8,11,15,18H,9-10,12-14H2,1-5H3,(H,23,24)(H,25,29). The van der Waals surface area contributed by atoms with E-state index in [1.54, 1.807) is 7.05 Å². The van der Waals surface area contributed by atoms with E-state index in [9.17, 15) is 9.59 Å². The Balaban J connectivity index is 1.64. The van der Waals surface area contributed by atoms with E-state index in [-0.39, 0.29) is 23.4 Å². The molecule has 0 aromatic heterocycles. The Morgan fingerprint density at radius 2 is 2.03 bits per heavy atom. The second-order valence-electron chi connectivity index (χ2n) is 8.87. The second kappa shape index (κ2) is 8.43. The molecular weight excluding hydrogens is 366 g/mol. The van der Waals surface area contributed by atoms with E-state index >= 15 is 0 Å². The summed E-state index contributed by atoms with van der Waals surface area (Å²) in [5.74, 6) is 0.788. The number of piperazine rings is 1. The maximum atomic E-state index is 12.7. The molecule has 1 aromatic carbocycles. The summed E-state index contributed by atoms with van der Waals surface area (Å²) in [7, 11) is 1.73. The van der Waals surface area contributed by atoms with Gasteiger partial charge in [0.15, 0.2) is 5.96 Å². The number of amides is 2. The zero-order valence-corrected chi connectivity index (χ0v) is 18.2. The van der Waals surface area contributed by atoms with E-state index < -0.39 is 0 Å². The molecule has 0 radical (unpaired) electrons. The summed E-state index contributed by atoms with van der Waals surface area (Å²) >= 11 is 0. The second-order valence-corrected chi connectivity index (χ2v) is 8.87. The third kappa shape index (κ3) is 5.08. The summed E-state index contributed by atoms with van der Waals surface area (Å²) in [4.78, 5) is 33.3. The topological polar surface area (TPSA) is 77.0 Å². The van der Waals surface area contributed by atoms with E-state index in [0.29, 0.717) is 37.2 Å². The Hall–Kier alpha value is -2.57. The van der Waals surface area contributed by atoms with Gasteiger partial charge in [0.25, 0.3) is 5.91 Å². The maximum absolute atomic E-state index is 12.7. The molecule has 0 atom stereocenters. The normalized spacial score (nSPS) is 19.5. The van der Waals surface area contributed by atoms with Gasteiger partial charge in [0, 0.05) is 37.8 Å². The van der Waals surface area contributed by atoms with Crippen molar-refractivity contribution in [1.29, 1.82) is 0 Å². The molecule has 0 unspecified atom stereocenters. The van der Waals surface area contributed by atoms with Crippen molar-refractivity contribution in [2.45, 2.75) is 64.7 Å². The molecule has 2 fully saturated rings. The Labute approximate surface area is 173 Å². The van der Waals surface area contributed by atoms with E-state index in [2.05, 4.69) is 43.3 Å². The number of guanidine groups is 1. The Morgan fingerprint density at radius 1 is 1.31 bits per heavy atom. The first kappa shape index (κ1) is 21.1. The number of hydrogen-bond acceptors (Lipinski definition) is 3. The number of hydrogen-bond donors (Lipinski definition) is 2. The molecule has 7 nitrogen and oxygen atoms in total. The van der Waals surface area contributed by atoms with Crippen molar-refractivity contribution in [3.63, 3.8) is 0 Å². The molecule has 1 saturated heterocycles. The van der Waals surface area contributed by atoms with Gasteiger partial charge >= 0.3 is 0 Å². The number of aliphatic imine (C=N–C) groups is 1. The van der Waals surface area contributed by atoms with E-state index in [4.69, 9.17) is 0 Å². The van der Waals surface area contributed by atoms with Gasteiger partial charge in [-0.25, -0.2) is 0 Å². The van der Waals surface area contributed by atoms with E-state index in [1.807, 2.05) is 34.1 Å². The van der Waals surface area contributed by atoms with Gasteiger partial charge in [-0.2, -0.15) is 0 Å². The Morgan fingerprint density at radius 3 is 2.62 bits per heavy atom. The summed E-state index contributed by atoms with van der Waals surface area (Å²) in [5.41, 5.74) is 1.40. The number of benzene rings is 1. The van der Waals surface area contributed by atoms with Crippen molar-refractivity contribution in [2.75, 3.05) is 20.1 Å². The molecule has 1 aliphatic heterocycles. The first-order valence-corrected chi connectivity index (χ1v) is 10.4. The maximum Gasteiger partial charge on any atom is 0.251 e. The predicted molar refractivity (Wildman–Crippen MR) is 115 cm³/mol. The molecule has 2 amide bonds. The van der Waals surface area contributed by atoms with Crippen molar-refractivity contribution < 1.29 is 9.59 Å². The van der Waals surface area contributed by atoms with Crippen LogP contribution in [-0.4, -0.2) is 65.3 Å². The van der Waals surface area contributed by atoms with Gasteiger partial charge in [-0.05, 0) is 58.2 Å². The van der Waals surface area contributed by atoms with Crippen LogP contribution in [0.1, 0.15) is 56.5 Å². The molecule has 1 aliphatic carbocycles. The average molecular weight is 400 g/mol. The first-order valence-electron chi connectivity index (χ1n) is 10.4. The molecule has 1 saturated carbocycles. The van der Waals surface area contributed by atoms with Crippen molar-refractivity contribution in [3.8, 4) is 0 Å². The van der Waals surface area contributed by atoms with Crippen molar-refractivity contribution in [2.24, 2.45) is 4.99 Å². The summed E-state index contributed by atoms with van der Waals surface area (Å²) in [6.45, 7) is 9.84. The molecule has 2 aliphatic rings. The van der Waals surface area contributed by atoms with Crippen molar-refractivity contribution >= 4 is 17.8 Å². The summed E-state index contributed by atoms with van der Waals surface area (Å²) in [5, 5.41) is 6.37. The largest absolute Gasteiger partial charge is 0.352 e. The minimum atomic E-state index is -0.276. The summed E-state index contributed by atoms with van der Waals surface area (Å²) < 4.78 is 0. The SMILES string of the molecule is CN=C(NCc1cccc(C(=O)NC2CC2)c1)N1CC(=O)N(C(C)C)C(C)(C)C1. The molecule has 158 valence electrons. The molecule has 1 heterocycles. The summed E-state index contributed by atoms with van der Waals surface area (Å²) in [6.07, 6.45) is 2.14. The molecule has 1 aromatic rings. The fraction of sp³-hybridized carbons (Fsp3) is 0.591. The first-order chi connectivity index (χ1) is 13.7. The van der Waals surface area contributed by atoms with Gasteiger partial charge < -0.3 is 20.4 Å². The molecule has 2 N–H and O–H groups in total. The number of nitrogens with one attached hydrogen (secondary N) is 2. The fourth-order valence-electron chi connectivity index (χ4n) is 4.15. The van der Waals surface area contributed by atoms with Crippen LogP contribution in [0.3, 0.4) is 0 Å². The minimum Gasteiger partial charge on any atom is -0.352 e. The van der Waals surface area contributed by atoms with Crippen LogP contribution in [0.25, 0.3) is 0 Å².